The third-order valence-electron chi connectivity index (χ3n) is 6.83. The van der Waals surface area contributed by atoms with Gasteiger partial charge in [-0.1, -0.05) is 40.5 Å². The molecule has 2 aliphatic rings. The van der Waals surface area contributed by atoms with Crippen molar-refractivity contribution in [1.29, 1.82) is 0 Å². The van der Waals surface area contributed by atoms with Crippen LogP contribution in [0.1, 0.15) is 58.7 Å². The number of rotatable bonds is 8. The molecule has 0 unspecified atom stereocenters. The van der Waals surface area contributed by atoms with Crippen LogP contribution >= 0.6 is 15.9 Å². The van der Waals surface area contributed by atoms with Gasteiger partial charge in [-0.3, -0.25) is 0 Å². The largest absolute Gasteiger partial charge is 0.465 e. The standard InChI is InChI=1S/C28H31BrN4O2/c1-35-28(34)20-9-10-23-21(17-20)18-24-26(23)27(30-11-6-14-33-12-3-2-4-13-33)32-25(31-24)16-19-7-5-8-22(29)15-19/h5,7-10,15,17H,2-4,6,11-14,16,18H2,1H3,(H,30,31,32). The summed E-state index contributed by atoms with van der Waals surface area (Å²) in [6.45, 7) is 4.42. The van der Waals surface area contributed by atoms with Crippen LogP contribution in [0.25, 0.3) is 11.1 Å². The number of anilines is 1. The van der Waals surface area contributed by atoms with E-state index in [1.54, 1.807) is 0 Å². The minimum absolute atomic E-state index is 0.318. The number of esters is 1. The summed E-state index contributed by atoms with van der Waals surface area (Å²) >= 11 is 3.56. The Morgan fingerprint density at radius 3 is 2.77 bits per heavy atom. The first-order valence-electron chi connectivity index (χ1n) is 12.4. The average Bonchev–Trinajstić information content (AvgIpc) is 3.24. The second-order valence-electron chi connectivity index (χ2n) is 9.34. The van der Waals surface area contributed by atoms with Gasteiger partial charge >= 0.3 is 5.97 Å². The molecule has 5 rings (SSSR count). The zero-order valence-corrected chi connectivity index (χ0v) is 21.7. The van der Waals surface area contributed by atoms with Crippen LogP contribution in [-0.2, 0) is 17.6 Å². The molecule has 0 amide bonds. The first-order valence-corrected chi connectivity index (χ1v) is 13.2. The molecule has 2 heterocycles. The van der Waals surface area contributed by atoms with Crippen LogP contribution in [0.2, 0.25) is 0 Å². The topological polar surface area (TPSA) is 67.3 Å². The van der Waals surface area contributed by atoms with Crippen molar-refractivity contribution in [3.8, 4) is 11.1 Å². The van der Waals surface area contributed by atoms with Crippen molar-refractivity contribution in [1.82, 2.24) is 14.9 Å². The number of ether oxygens (including phenoxy) is 1. The Morgan fingerprint density at radius 2 is 1.97 bits per heavy atom. The monoisotopic (exact) mass is 534 g/mol. The van der Waals surface area contributed by atoms with E-state index in [2.05, 4.69) is 38.3 Å². The van der Waals surface area contributed by atoms with E-state index in [9.17, 15) is 4.79 Å². The average molecular weight is 535 g/mol. The van der Waals surface area contributed by atoms with Crippen LogP contribution in [0, 0.1) is 0 Å². The predicted molar refractivity (Wildman–Crippen MR) is 142 cm³/mol. The van der Waals surface area contributed by atoms with Gasteiger partial charge in [0.2, 0.25) is 0 Å². The highest BCUT2D eigenvalue weighted by Gasteiger charge is 2.26. The number of nitrogens with one attached hydrogen (secondary N) is 1. The molecular weight excluding hydrogens is 504 g/mol. The van der Waals surface area contributed by atoms with Crippen LogP contribution in [-0.4, -0.2) is 54.1 Å². The van der Waals surface area contributed by atoms with Crippen molar-refractivity contribution < 1.29 is 9.53 Å². The number of benzene rings is 2. The maximum Gasteiger partial charge on any atom is 0.337 e. The van der Waals surface area contributed by atoms with E-state index in [0.29, 0.717) is 18.4 Å². The maximum absolute atomic E-state index is 12.1. The highest BCUT2D eigenvalue weighted by molar-refractivity contribution is 9.10. The lowest BCUT2D eigenvalue weighted by Gasteiger charge is -2.26. The quantitative estimate of drug-likeness (QED) is 0.238. The minimum Gasteiger partial charge on any atom is -0.465 e. The van der Waals surface area contributed by atoms with E-state index < -0.39 is 0 Å². The van der Waals surface area contributed by atoms with E-state index in [0.717, 1.165) is 58.0 Å². The zero-order chi connectivity index (χ0) is 24.2. The molecule has 1 fully saturated rings. The summed E-state index contributed by atoms with van der Waals surface area (Å²) in [5, 5.41) is 3.63. The SMILES string of the molecule is COC(=O)c1ccc2c(c1)Cc1nc(Cc3cccc(Br)c3)nc(NCCCN3CCCCC3)c1-2. The summed E-state index contributed by atoms with van der Waals surface area (Å²) in [5.74, 6) is 1.38. The van der Waals surface area contributed by atoms with E-state index >= 15 is 0 Å². The molecule has 0 bridgehead atoms. The number of hydrogen-bond acceptors (Lipinski definition) is 6. The van der Waals surface area contributed by atoms with Crippen molar-refractivity contribution in [3.63, 3.8) is 0 Å². The lowest BCUT2D eigenvalue weighted by Crippen LogP contribution is -2.31. The summed E-state index contributed by atoms with van der Waals surface area (Å²) in [7, 11) is 1.41. The van der Waals surface area contributed by atoms with Crippen molar-refractivity contribution in [3.05, 3.63) is 75.1 Å². The van der Waals surface area contributed by atoms with E-state index in [1.165, 1.54) is 45.0 Å². The molecule has 0 radical (unpaired) electrons. The Labute approximate surface area is 215 Å². The maximum atomic E-state index is 12.1. The number of halogens is 1. The molecule has 1 saturated heterocycles. The van der Waals surface area contributed by atoms with Gasteiger partial charge in [-0.15, -0.1) is 0 Å². The number of fused-ring (bicyclic) bond motifs is 3. The number of carbonyl (C=O) groups excluding carboxylic acids is 1. The third kappa shape index (κ3) is 5.57. The second-order valence-corrected chi connectivity index (χ2v) is 10.3. The molecule has 182 valence electrons. The summed E-state index contributed by atoms with van der Waals surface area (Å²) < 4.78 is 5.97. The van der Waals surface area contributed by atoms with Crippen LogP contribution in [0.5, 0.6) is 0 Å². The third-order valence-corrected chi connectivity index (χ3v) is 7.32. The minimum atomic E-state index is -0.318. The lowest BCUT2D eigenvalue weighted by atomic mass is 10.0. The van der Waals surface area contributed by atoms with Gasteiger partial charge in [-0.2, -0.15) is 0 Å². The van der Waals surface area contributed by atoms with Gasteiger partial charge in [-0.05, 0) is 79.9 Å². The van der Waals surface area contributed by atoms with Gasteiger partial charge in [0.1, 0.15) is 11.6 Å². The molecule has 2 aromatic carbocycles. The van der Waals surface area contributed by atoms with Gasteiger partial charge in [0, 0.05) is 29.4 Å². The fraction of sp³-hybridized carbons (Fsp3) is 0.393. The van der Waals surface area contributed by atoms with E-state index in [-0.39, 0.29) is 5.97 Å². The Kier molecular flexibility index (Phi) is 7.44. The van der Waals surface area contributed by atoms with Crippen molar-refractivity contribution in [2.75, 3.05) is 38.6 Å². The summed E-state index contributed by atoms with van der Waals surface area (Å²) in [6.07, 6.45) is 6.42. The van der Waals surface area contributed by atoms with E-state index in [1.807, 2.05) is 30.3 Å². The molecule has 6 nitrogen and oxygen atoms in total. The highest BCUT2D eigenvalue weighted by atomic mass is 79.9. The van der Waals surface area contributed by atoms with Gasteiger partial charge in [0.05, 0.1) is 18.4 Å². The number of piperidine rings is 1. The molecule has 1 aliphatic heterocycles. The summed E-state index contributed by atoms with van der Waals surface area (Å²) in [5.41, 5.74) is 6.00. The molecule has 0 spiro atoms. The van der Waals surface area contributed by atoms with Crippen LogP contribution < -0.4 is 5.32 Å². The molecule has 35 heavy (non-hydrogen) atoms. The molecule has 0 saturated carbocycles. The summed E-state index contributed by atoms with van der Waals surface area (Å²) in [4.78, 5) is 24.6. The molecule has 7 heteroatoms. The Balaban J connectivity index is 1.40. The molecule has 3 aromatic rings. The summed E-state index contributed by atoms with van der Waals surface area (Å²) in [6, 6.07) is 14.0. The Bertz CT molecular complexity index is 1220. The molecule has 1 aliphatic carbocycles. The van der Waals surface area contributed by atoms with Crippen molar-refractivity contribution in [2.45, 2.75) is 38.5 Å². The van der Waals surface area contributed by atoms with Gasteiger partial charge < -0.3 is 15.0 Å². The van der Waals surface area contributed by atoms with Gasteiger partial charge in [0.25, 0.3) is 0 Å². The molecular formula is C28H31BrN4O2. The fourth-order valence-corrected chi connectivity index (χ4v) is 5.55. The number of nitrogens with zero attached hydrogens (tertiary/aromatic N) is 3. The lowest BCUT2D eigenvalue weighted by molar-refractivity contribution is 0.0600. The van der Waals surface area contributed by atoms with Crippen LogP contribution in [0.4, 0.5) is 5.82 Å². The van der Waals surface area contributed by atoms with Crippen LogP contribution in [0.3, 0.4) is 0 Å². The molecule has 0 atom stereocenters. The van der Waals surface area contributed by atoms with E-state index in [4.69, 9.17) is 14.7 Å². The number of carbonyl (C=O) groups is 1. The Hall–Kier alpha value is -2.77. The number of methoxy groups -OCH3 is 1. The first-order chi connectivity index (χ1) is 17.1. The van der Waals surface area contributed by atoms with Crippen molar-refractivity contribution in [2.24, 2.45) is 0 Å². The molecule has 1 aromatic heterocycles. The zero-order valence-electron chi connectivity index (χ0n) is 20.1. The number of hydrogen-bond donors (Lipinski definition) is 1. The van der Waals surface area contributed by atoms with Gasteiger partial charge in [0.15, 0.2) is 0 Å². The molecule has 1 N–H and O–H groups in total. The Morgan fingerprint density at radius 1 is 1.11 bits per heavy atom. The number of likely N-dealkylation sites (tertiary alicyclic amines) is 1. The second kappa shape index (κ2) is 10.9. The first kappa shape index (κ1) is 23.9. The predicted octanol–water partition coefficient (Wildman–Crippen LogP) is 5.48. The highest BCUT2D eigenvalue weighted by Crippen LogP contribution is 2.40. The normalized spacial score (nSPS) is 14.9. The van der Waals surface area contributed by atoms with Crippen molar-refractivity contribution >= 4 is 27.7 Å². The smallest absolute Gasteiger partial charge is 0.337 e. The fourth-order valence-electron chi connectivity index (χ4n) is 5.11. The van der Waals surface area contributed by atoms with Crippen LogP contribution in [0.15, 0.2) is 46.9 Å². The number of aromatic nitrogens is 2. The van der Waals surface area contributed by atoms with Gasteiger partial charge in [-0.25, -0.2) is 14.8 Å².